The Morgan fingerprint density at radius 3 is 2.75 bits per heavy atom. The van der Waals surface area contributed by atoms with E-state index in [4.69, 9.17) is 0 Å². The smallest absolute Gasteiger partial charge is 0.299 e. The molecule has 2 aliphatic heterocycles. The minimum atomic E-state index is -4.25. The number of fused-ring (bicyclic) bond motifs is 1. The molecule has 2 saturated heterocycles. The van der Waals surface area contributed by atoms with Crippen LogP contribution in [-0.2, 0) is 4.84 Å². The summed E-state index contributed by atoms with van der Waals surface area (Å²) in [6.07, 6.45) is 0.0542. The van der Waals surface area contributed by atoms with Crippen LogP contribution in [0.1, 0.15) is 25.7 Å². The molecule has 0 aromatic heterocycles. The van der Waals surface area contributed by atoms with Crippen LogP contribution in [0.4, 0.5) is 13.2 Å². The van der Waals surface area contributed by atoms with E-state index in [0.717, 1.165) is 25.9 Å². The van der Waals surface area contributed by atoms with Gasteiger partial charge in [0, 0.05) is 18.6 Å². The fourth-order valence-electron chi connectivity index (χ4n) is 2.62. The molecule has 2 atom stereocenters. The lowest BCUT2D eigenvalue weighted by molar-refractivity contribution is -0.193. The van der Waals surface area contributed by atoms with Crippen molar-refractivity contribution in [3.63, 3.8) is 0 Å². The number of rotatable bonds is 3. The van der Waals surface area contributed by atoms with Gasteiger partial charge in [0.1, 0.15) is 0 Å². The summed E-state index contributed by atoms with van der Waals surface area (Å²) < 4.78 is 35.7. The van der Waals surface area contributed by atoms with Gasteiger partial charge in [0.2, 0.25) is 0 Å². The van der Waals surface area contributed by atoms with Crippen LogP contribution in [0.25, 0.3) is 0 Å². The largest absolute Gasteiger partial charge is 0.413 e. The van der Waals surface area contributed by atoms with Gasteiger partial charge in [0.15, 0.2) is 6.61 Å². The second kappa shape index (κ2) is 4.89. The standard InChI is InChI=1S/C10H17F3N2O/c11-10(12,13)7-16-14-8-4-6-15-5-2-1-3-9(8)15/h8-9,14H,1-7H2. The summed E-state index contributed by atoms with van der Waals surface area (Å²) in [5.41, 5.74) is 2.58. The maximum Gasteiger partial charge on any atom is 0.413 e. The molecule has 2 heterocycles. The molecule has 2 rings (SSSR count). The zero-order chi connectivity index (χ0) is 11.6. The van der Waals surface area contributed by atoms with Crippen LogP contribution < -0.4 is 5.48 Å². The molecule has 16 heavy (non-hydrogen) atoms. The number of hydrogen-bond donors (Lipinski definition) is 1. The Morgan fingerprint density at radius 2 is 2.00 bits per heavy atom. The molecule has 0 bridgehead atoms. The van der Waals surface area contributed by atoms with Crippen LogP contribution in [0.5, 0.6) is 0 Å². The monoisotopic (exact) mass is 238 g/mol. The molecule has 0 saturated carbocycles. The molecule has 2 unspecified atom stereocenters. The van der Waals surface area contributed by atoms with E-state index in [9.17, 15) is 13.2 Å². The molecule has 6 heteroatoms. The Bertz CT molecular complexity index is 235. The van der Waals surface area contributed by atoms with Gasteiger partial charge in [-0.05, 0) is 25.8 Å². The highest BCUT2D eigenvalue weighted by molar-refractivity contribution is 4.92. The van der Waals surface area contributed by atoms with E-state index in [2.05, 4.69) is 15.2 Å². The maximum atomic E-state index is 11.9. The van der Waals surface area contributed by atoms with Gasteiger partial charge >= 0.3 is 6.18 Å². The molecule has 0 amide bonds. The molecular formula is C10H17F3N2O. The van der Waals surface area contributed by atoms with Crippen molar-refractivity contribution in [2.75, 3.05) is 19.7 Å². The second-order valence-electron chi connectivity index (χ2n) is 4.52. The topological polar surface area (TPSA) is 24.5 Å². The summed E-state index contributed by atoms with van der Waals surface area (Å²) in [6, 6.07) is 0.421. The highest BCUT2D eigenvalue weighted by atomic mass is 19.4. The van der Waals surface area contributed by atoms with Crippen molar-refractivity contribution in [1.29, 1.82) is 0 Å². The number of hydroxylamine groups is 1. The van der Waals surface area contributed by atoms with Crippen molar-refractivity contribution in [2.24, 2.45) is 0 Å². The van der Waals surface area contributed by atoms with Crippen molar-refractivity contribution < 1.29 is 18.0 Å². The first-order valence-corrected chi connectivity index (χ1v) is 5.74. The molecule has 1 N–H and O–H groups in total. The number of hydrogen-bond acceptors (Lipinski definition) is 3. The van der Waals surface area contributed by atoms with Gasteiger partial charge in [-0.1, -0.05) is 6.42 Å². The summed E-state index contributed by atoms with van der Waals surface area (Å²) in [4.78, 5) is 6.87. The van der Waals surface area contributed by atoms with E-state index in [0.29, 0.717) is 6.04 Å². The molecular weight excluding hydrogens is 221 g/mol. The number of nitrogens with zero attached hydrogens (tertiary/aromatic N) is 1. The van der Waals surface area contributed by atoms with Gasteiger partial charge in [0.25, 0.3) is 0 Å². The molecule has 0 spiro atoms. The first-order chi connectivity index (χ1) is 7.56. The van der Waals surface area contributed by atoms with E-state index < -0.39 is 12.8 Å². The van der Waals surface area contributed by atoms with Crippen LogP contribution in [0.3, 0.4) is 0 Å². The molecule has 0 aromatic rings. The van der Waals surface area contributed by atoms with Crippen molar-refractivity contribution in [1.82, 2.24) is 10.4 Å². The van der Waals surface area contributed by atoms with Gasteiger partial charge in [-0.2, -0.15) is 18.7 Å². The van der Waals surface area contributed by atoms with E-state index in [1.807, 2.05) is 0 Å². The Balaban J connectivity index is 1.74. The van der Waals surface area contributed by atoms with E-state index >= 15 is 0 Å². The summed E-state index contributed by atoms with van der Waals surface area (Å²) in [5, 5.41) is 0. The fourth-order valence-corrected chi connectivity index (χ4v) is 2.62. The number of piperidine rings is 1. The van der Waals surface area contributed by atoms with Gasteiger partial charge in [-0.15, -0.1) is 0 Å². The zero-order valence-electron chi connectivity index (χ0n) is 9.09. The fraction of sp³-hybridized carbons (Fsp3) is 1.00. The average molecular weight is 238 g/mol. The first-order valence-electron chi connectivity index (χ1n) is 5.74. The third kappa shape index (κ3) is 3.09. The Hall–Kier alpha value is -0.330. The number of nitrogens with one attached hydrogen (secondary N) is 1. The second-order valence-corrected chi connectivity index (χ2v) is 4.52. The Kier molecular flexibility index (Phi) is 3.71. The lowest BCUT2D eigenvalue weighted by Gasteiger charge is -2.32. The lowest BCUT2D eigenvalue weighted by atomic mass is 10.00. The third-order valence-electron chi connectivity index (χ3n) is 3.33. The molecule has 0 aliphatic carbocycles. The van der Waals surface area contributed by atoms with Crippen LogP contribution in [0.15, 0.2) is 0 Å². The van der Waals surface area contributed by atoms with Crippen molar-refractivity contribution in [3.05, 3.63) is 0 Å². The predicted octanol–water partition coefficient (Wildman–Crippen LogP) is 1.70. The predicted molar refractivity (Wildman–Crippen MR) is 52.8 cm³/mol. The van der Waals surface area contributed by atoms with E-state index in [1.54, 1.807) is 0 Å². The lowest BCUT2D eigenvalue weighted by Crippen LogP contribution is -2.45. The van der Waals surface area contributed by atoms with Gasteiger partial charge < -0.3 is 0 Å². The highest BCUT2D eigenvalue weighted by Gasteiger charge is 2.36. The summed E-state index contributed by atoms with van der Waals surface area (Å²) >= 11 is 0. The molecule has 0 aromatic carbocycles. The Morgan fingerprint density at radius 1 is 1.19 bits per heavy atom. The zero-order valence-corrected chi connectivity index (χ0v) is 9.09. The van der Waals surface area contributed by atoms with Crippen LogP contribution in [0, 0.1) is 0 Å². The summed E-state index contributed by atoms with van der Waals surface area (Å²) in [7, 11) is 0. The molecule has 0 radical (unpaired) electrons. The van der Waals surface area contributed by atoms with Crippen molar-refractivity contribution in [3.8, 4) is 0 Å². The normalized spacial score (nSPS) is 31.7. The molecule has 2 fully saturated rings. The van der Waals surface area contributed by atoms with Gasteiger partial charge in [-0.25, -0.2) is 0 Å². The minimum Gasteiger partial charge on any atom is -0.299 e. The summed E-state index contributed by atoms with van der Waals surface area (Å²) in [6.45, 7) is 0.829. The van der Waals surface area contributed by atoms with Crippen molar-refractivity contribution in [2.45, 2.75) is 43.9 Å². The van der Waals surface area contributed by atoms with Gasteiger partial charge in [-0.3, -0.25) is 9.74 Å². The molecule has 3 nitrogen and oxygen atoms in total. The van der Waals surface area contributed by atoms with Crippen LogP contribution in [-0.4, -0.2) is 42.9 Å². The third-order valence-corrected chi connectivity index (χ3v) is 3.33. The van der Waals surface area contributed by atoms with Crippen molar-refractivity contribution >= 4 is 0 Å². The Labute approximate surface area is 92.9 Å². The maximum absolute atomic E-state index is 11.9. The van der Waals surface area contributed by atoms with E-state index in [1.165, 1.54) is 12.8 Å². The molecule has 94 valence electrons. The highest BCUT2D eigenvalue weighted by Crippen LogP contribution is 2.27. The van der Waals surface area contributed by atoms with Gasteiger partial charge in [0.05, 0.1) is 0 Å². The van der Waals surface area contributed by atoms with Crippen LogP contribution in [0.2, 0.25) is 0 Å². The van der Waals surface area contributed by atoms with E-state index in [-0.39, 0.29) is 6.04 Å². The molecule has 2 aliphatic rings. The average Bonchev–Trinajstić information content (AvgIpc) is 2.60. The minimum absolute atomic E-state index is 0.0580. The SMILES string of the molecule is FC(F)(F)CONC1CCN2CCCCC12. The van der Waals surface area contributed by atoms with Crippen LogP contribution >= 0.6 is 0 Å². The quantitative estimate of drug-likeness (QED) is 0.757. The first kappa shape index (κ1) is 12.1. The number of halogens is 3. The number of alkyl halides is 3. The summed E-state index contributed by atoms with van der Waals surface area (Å²) in [5.74, 6) is 0.